The number of para-hydroxylation sites is 1. The lowest BCUT2D eigenvalue weighted by molar-refractivity contribution is 0.0913. The molecule has 5 heteroatoms. The number of nitrogens with two attached hydrogens (primary N) is 1. The van der Waals surface area contributed by atoms with Crippen LogP contribution in [-0.4, -0.2) is 10.9 Å². The van der Waals surface area contributed by atoms with E-state index in [2.05, 4.69) is 10.3 Å². The molecule has 1 aromatic heterocycles. The van der Waals surface area contributed by atoms with Crippen molar-refractivity contribution in [1.82, 2.24) is 10.3 Å². The summed E-state index contributed by atoms with van der Waals surface area (Å²) in [4.78, 5) is 16.6. The fraction of sp³-hybridized carbons (Fsp3) is 0.286. The van der Waals surface area contributed by atoms with Crippen LogP contribution in [0.4, 0.5) is 5.69 Å². The maximum absolute atomic E-state index is 12.3. The molecule has 1 amide bonds. The van der Waals surface area contributed by atoms with Crippen LogP contribution in [0, 0.1) is 6.92 Å². The number of aryl methyl sites for hydroxylation is 1. The highest BCUT2D eigenvalue weighted by molar-refractivity contribution is 7.09. The van der Waals surface area contributed by atoms with Crippen molar-refractivity contribution in [3.05, 3.63) is 45.9 Å². The van der Waals surface area contributed by atoms with Gasteiger partial charge in [0.25, 0.3) is 5.91 Å². The fourth-order valence-electron chi connectivity index (χ4n) is 1.82. The lowest BCUT2D eigenvalue weighted by Gasteiger charge is -2.24. The normalized spacial score (nSPS) is 11.3. The van der Waals surface area contributed by atoms with Gasteiger partial charge in [-0.3, -0.25) is 4.79 Å². The van der Waals surface area contributed by atoms with Crippen LogP contribution in [0.3, 0.4) is 0 Å². The largest absolute Gasteiger partial charge is 0.398 e. The molecule has 0 aliphatic carbocycles. The number of thiazole rings is 1. The molecule has 2 rings (SSSR count). The molecule has 0 bridgehead atoms. The van der Waals surface area contributed by atoms with Crippen LogP contribution in [0.2, 0.25) is 0 Å². The molecule has 0 saturated heterocycles. The Morgan fingerprint density at radius 1 is 1.42 bits per heavy atom. The Labute approximate surface area is 116 Å². The molecule has 0 unspecified atom stereocenters. The maximum Gasteiger partial charge on any atom is 0.254 e. The Kier molecular flexibility index (Phi) is 3.57. The Morgan fingerprint density at radius 2 is 2.16 bits per heavy atom. The Hall–Kier alpha value is -1.88. The minimum atomic E-state index is -0.512. The summed E-state index contributed by atoms with van der Waals surface area (Å²) < 4.78 is 0. The SMILES string of the molecule is Cc1cccc(C(=O)NC(C)(C)c2nccs2)c1N. The van der Waals surface area contributed by atoms with Gasteiger partial charge in [0.2, 0.25) is 0 Å². The number of aromatic nitrogens is 1. The van der Waals surface area contributed by atoms with Gasteiger partial charge in [0.1, 0.15) is 5.01 Å². The standard InChI is InChI=1S/C14H17N3OS/c1-9-5-4-6-10(11(9)15)12(18)17-14(2,3)13-16-7-8-19-13/h4-8H,15H2,1-3H3,(H,17,18). The zero-order valence-corrected chi connectivity index (χ0v) is 12.0. The van der Waals surface area contributed by atoms with E-state index in [1.807, 2.05) is 38.3 Å². The molecule has 0 saturated carbocycles. The molecule has 0 fully saturated rings. The molecular formula is C14H17N3OS. The number of carbonyl (C=O) groups excluding carboxylic acids is 1. The van der Waals surface area contributed by atoms with Gasteiger partial charge in [-0.05, 0) is 32.4 Å². The molecule has 0 atom stereocenters. The van der Waals surface area contributed by atoms with E-state index in [9.17, 15) is 4.79 Å². The van der Waals surface area contributed by atoms with Gasteiger partial charge in [0.05, 0.1) is 11.1 Å². The molecule has 19 heavy (non-hydrogen) atoms. The zero-order chi connectivity index (χ0) is 14.0. The molecule has 4 nitrogen and oxygen atoms in total. The minimum Gasteiger partial charge on any atom is -0.398 e. The number of benzene rings is 1. The van der Waals surface area contributed by atoms with E-state index in [1.165, 1.54) is 11.3 Å². The molecule has 100 valence electrons. The maximum atomic E-state index is 12.3. The second-order valence-corrected chi connectivity index (χ2v) is 5.85. The van der Waals surface area contributed by atoms with Crippen molar-refractivity contribution in [2.75, 3.05) is 5.73 Å². The van der Waals surface area contributed by atoms with Gasteiger partial charge in [-0.1, -0.05) is 12.1 Å². The first kappa shape index (κ1) is 13.5. The monoisotopic (exact) mass is 275 g/mol. The highest BCUT2D eigenvalue weighted by Crippen LogP contribution is 2.24. The predicted octanol–water partition coefficient (Wildman–Crippen LogP) is 2.70. The van der Waals surface area contributed by atoms with Gasteiger partial charge in [-0.15, -0.1) is 11.3 Å². The van der Waals surface area contributed by atoms with E-state index in [0.29, 0.717) is 11.3 Å². The summed E-state index contributed by atoms with van der Waals surface area (Å²) >= 11 is 1.52. The molecule has 1 aromatic carbocycles. The van der Waals surface area contributed by atoms with E-state index < -0.39 is 5.54 Å². The first-order valence-corrected chi connectivity index (χ1v) is 6.87. The van der Waals surface area contributed by atoms with E-state index >= 15 is 0 Å². The van der Waals surface area contributed by atoms with Crippen molar-refractivity contribution in [2.45, 2.75) is 26.3 Å². The van der Waals surface area contributed by atoms with Crippen LogP contribution in [-0.2, 0) is 5.54 Å². The third-order valence-corrected chi connectivity index (χ3v) is 4.06. The molecule has 0 aliphatic heterocycles. The average molecular weight is 275 g/mol. The lowest BCUT2D eigenvalue weighted by Crippen LogP contribution is -2.41. The number of anilines is 1. The van der Waals surface area contributed by atoms with Crippen LogP contribution < -0.4 is 11.1 Å². The number of nitrogen functional groups attached to an aromatic ring is 1. The van der Waals surface area contributed by atoms with Crippen molar-refractivity contribution in [2.24, 2.45) is 0 Å². The minimum absolute atomic E-state index is 0.179. The van der Waals surface area contributed by atoms with Crippen LogP contribution in [0.25, 0.3) is 0 Å². The van der Waals surface area contributed by atoms with Gasteiger partial charge in [0, 0.05) is 17.3 Å². The lowest BCUT2D eigenvalue weighted by atomic mass is 10.0. The predicted molar refractivity (Wildman–Crippen MR) is 78.2 cm³/mol. The second-order valence-electron chi connectivity index (χ2n) is 4.95. The van der Waals surface area contributed by atoms with Gasteiger partial charge >= 0.3 is 0 Å². The number of nitrogens with zero attached hydrogens (tertiary/aromatic N) is 1. The van der Waals surface area contributed by atoms with Gasteiger partial charge in [-0.25, -0.2) is 4.98 Å². The summed E-state index contributed by atoms with van der Waals surface area (Å²) in [5.41, 5.74) is 7.36. The summed E-state index contributed by atoms with van der Waals surface area (Å²) in [5.74, 6) is -0.179. The summed E-state index contributed by atoms with van der Waals surface area (Å²) in [6.07, 6.45) is 1.73. The van der Waals surface area contributed by atoms with Crippen molar-refractivity contribution in [1.29, 1.82) is 0 Å². The number of carbonyl (C=O) groups is 1. The first-order valence-electron chi connectivity index (χ1n) is 5.99. The molecule has 0 spiro atoms. The second kappa shape index (κ2) is 5.01. The zero-order valence-electron chi connectivity index (χ0n) is 11.2. The van der Waals surface area contributed by atoms with Crippen molar-refractivity contribution < 1.29 is 4.79 Å². The van der Waals surface area contributed by atoms with E-state index in [-0.39, 0.29) is 5.91 Å². The third kappa shape index (κ3) is 2.76. The van der Waals surface area contributed by atoms with Gasteiger partial charge in [-0.2, -0.15) is 0 Å². The van der Waals surface area contributed by atoms with Crippen LogP contribution in [0.5, 0.6) is 0 Å². The quantitative estimate of drug-likeness (QED) is 0.846. The smallest absolute Gasteiger partial charge is 0.254 e. The average Bonchev–Trinajstić information content (AvgIpc) is 2.86. The summed E-state index contributed by atoms with van der Waals surface area (Å²) in [6.45, 7) is 5.74. The molecule has 0 aliphatic rings. The Bertz CT molecular complexity index is 591. The van der Waals surface area contributed by atoms with E-state index in [1.54, 1.807) is 12.3 Å². The fourth-order valence-corrected chi connectivity index (χ4v) is 2.53. The molecule has 1 heterocycles. The number of hydrogen-bond donors (Lipinski definition) is 2. The number of rotatable bonds is 3. The third-order valence-electron chi connectivity index (χ3n) is 2.96. The van der Waals surface area contributed by atoms with Crippen LogP contribution in [0.1, 0.15) is 34.8 Å². The van der Waals surface area contributed by atoms with E-state index in [4.69, 9.17) is 5.73 Å². The summed E-state index contributed by atoms with van der Waals surface area (Å²) in [5, 5.41) is 5.73. The van der Waals surface area contributed by atoms with E-state index in [0.717, 1.165) is 10.6 Å². The van der Waals surface area contributed by atoms with Crippen LogP contribution in [0.15, 0.2) is 29.8 Å². The van der Waals surface area contributed by atoms with Crippen molar-refractivity contribution >= 4 is 22.9 Å². The summed E-state index contributed by atoms with van der Waals surface area (Å²) in [6, 6.07) is 5.45. The van der Waals surface area contributed by atoms with Crippen molar-refractivity contribution in [3.63, 3.8) is 0 Å². The highest BCUT2D eigenvalue weighted by Gasteiger charge is 2.26. The number of hydrogen-bond acceptors (Lipinski definition) is 4. The molecule has 0 radical (unpaired) electrons. The first-order chi connectivity index (χ1) is 8.92. The number of amides is 1. The highest BCUT2D eigenvalue weighted by atomic mass is 32.1. The molecule has 2 aromatic rings. The summed E-state index contributed by atoms with van der Waals surface area (Å²) in [7, 11) is 0. The Balaban J connectivity index is 2.24. The molecule has 3 N–H and O–H groups in total. The van der Waals surface area contributed by atoms with Crippen LogP contribution >= 0.6 is 11.3 Å². The Morgan fingerprint density at radius 3 is 2.79 bits per heavy atom. The van der Waals surface area contributed by atoms with Gasteiger partial charge in [0.15, 0.2) is 0 Å². The van der Waals surface area contributed by atoms with Crippen molar-refractivity contribution in [3.8, 4) is 0 Å². The topological polar surface area (TPSA) is 68.0 Å². The number of nitrogens with one attached hydrogen (secondary N) is 1. The van der Waals surface area contributed by atoms with Gasteiger partial charge < -0.3 is 11.1 Å². The molecular weight excluding hydrogens is 258 g/mol.